The third kappa shape index (κ3) is 3.29. The average Bonchev–Trinajstić information content (AvgIpc) is 2.31. The monoisotopic (exact) mass is 229 g/mol. The van der Waals surface area contributed by atoms with Gasteiger partial charge in [0, 0.05) is 12.3 Å². The number of hydrogen-bond acceptors (Lipinski definition) is 1. The van der Waals surface area contributed by atoms with Crippen LogP contribution in [-0.2, 0) is 16.9 Å². The van der Waals surface area contributed by atoms with E-state index in [4.69, 9.17) is 0 Å². The summed E-state index contributed by atoms with van der Waals surface area (Å²) in [5.74, 6) is 0. The zero-order valence-corrected chi connectivity index (χ0v) is 9.94. The van der Waals surface area contributed by atoms with Crippen molar-refractivity contribution in [3.8, 4) is 0 Å². The normalized spacial score (nSPS) is 10.0. The first kappa shape index (κ1) is 11.0. The van der Waals surface area contributed by atoms with Gasteiger partial charge in [0.05, 0.1) is 7.80 Å². The lowest BCUT2D eigenvalue weighted by Crippen LogP contribution is -1.83. The maximum absolute atomic E-state index is 11.9. The molecule has 2 aromatic rings. The largest absolute Gasteiger partial charge is 0.286 e. The molecule has 0 aliphatic carbocycles. The van der Waals surface area contributed by atoms with Gasteiger partial charge in [0.1, 0.15) is 0 Å². The van der Waals surface area contributed by atoms with Crippen LogP contribution in [0.15, 0.2) is 60.7 Å². The van der Waals surface area contributed by atoms with Crippen molar-refractivity contribution >= 4 is 7.80 Å². The molecular formula is C14H14OP. The fourth-order valence-corrected chi connectivity index (χ4v) is 2.98. The molecule has 1 nitrogen and oxygen atoms in total. The SMILES string of the molecule is O=[P](Cc1ccccc1)Cc1ccccc1. The molecule has 0 bridgehead atoms. The van der Waals surface area contributed by atoms with Crippen LogP contribution in [-0.4, -0.2) is 0 Å². The summed E-state index contributed by atoms with van der Waals surface area (Å²) in [4.78, 5) is 0. The van der Waals surface area contributed by atoms with E-state index in [1.807, 2.05) is 60.7 Å². The Morgan fingerprint density at radius 2 is 1.06 bits per heavy atom. The Morgan fingerprint density at radius 1 is 0.688 bits per heavy atom. The van der Waals surface area contributed by atoms with Crippen LogP contribution >= 0.6 is 7.80 Å². The molecule has 0 fully saturated rings. The Hall–Kier alpha value is -1.46. The molecule has 2 aromatic carbocycles. The van der Waals surface area contributed by atoms with E-state index in [2.05, 4.69) is 0 Å². The van der Waals surface area contributed by atoms with Gasteiger partial charge in [-0.25, -0.2) is 0 Å². The van der Waals surface area contributed by atoms with E-state index in [1.54, 1.807) is 0 Å². The third-order valence-electron chi connectivity index (χ3n) is 2.40. The van der Waals surface area contributed by atoms with Gasteiger partial charge in [0.25, 0.3) is 0 Å². The zero-order valence-electron chi connectivity index (χ0n) is 9.04. The standard InChI is InChI=1S/C14H14OP/c15-16(11-13-7-3-1-4-8-13)12-14-9-5-2-6-10-14/h1-10H,11-12H2. The van der Waals surface area contributed by atoms with Crippen molar-refractivity contribution in [1.82, 2.24) is 0 Å². The molecular weight excluding hydrogens is 215 g/mol. The van der Waals surface area contributed by atoms with Crippen molar-refractivity contribution in [1.29, 1.82) is 0 Å². The van der Waals surface area contributed by atoms with Gasteiger partial charge in [0.2, 0.25) is 0 Å². The number of rotatable bonds is 4. The zero-order chi connectivity index (χ0) is 11.2. The number of benzene rings is 2. The van der Waals surface area contributed by atoms with Crippen LogP contribution < -0.4 is 0 Å². The summed E-state index contributed by atoms with van der Waals surface area (Å²) in [6.45, 7) is 0. The first-order chi connectivity index (χ1) is 7.84. The lowest BCUT2D eigenvalue weighted by molar-refractivity contribution is 0.587. The minimum absolute atomic E-state index is 0.672. The van der Waals surface area contributed by atoms with Gasteiger partial charge in [-0.3, -0.25) is 4.57 Å². The Kier molecular flexibility index (Phi) is 3.85. The van der Waals surface area contributed by atoms with E-state index in [9.17, 15) is 4.57 Å². The molecule has 2 rings (SSSR count). The van der Waals surface area contributed by atoms with Gasteiger partial charge in [-0.2, -0.15) is 0 Å². The Morgan fingerprint density at radius 3 is 1.44 bits per heavy atom. The summed E-state index contributed by atoms with van der Waals surface area (Å²) in [5.41, 5.74) is 2.30. The Labute approximate surface area is 96.9 Å². The highest BCUT2D eigenvalue weighted by molar-refractivity contribution is 7.42. The molecule has 0 unspecified atom stereocenters. The molecule has 0 aliphatic rings. The van der Waals surface area contributed by atoms with E-state index >= 15 is 0 Å². The summed E-state index contributed by atoms with van der Waals surface area (Å²) >= 11 is 0. The quantitative estimate of drug-likeness (QED) is 0.717. The van der Waals surface area contributed by atoms with Gasteiger partial charge >= 0.3 is 0 Å². The lowest BCUT2D eigenvalue weighted by atomic mass is 10.2. The fraction of sp³-hybridized carbons (Fsp3) is 0.143. The summed E-state index contributed by atoms with van der Waals surface area (Å²) < 4.78 is 11.9. The maximum Gasteiger partial charge on any atom is 0.0808 e. The van der Waals surface area contributed by atoms with Gasteiger partial charge < -0.3 is 0 Å². The van der Waals surface area contributed by atoms with Crippen LogP contribution in [0.5, 0.6) is 0 Å². The summed E-state index contributed by atoms with van der Waals surface area (Å²) in [7, 11) is -1.18. The number of hydrogen-bond donors (Lipinski definition) is 0. The molecule has 0 aliphatic heterocycles. The average molecular weight is 229 g/mol. The van der Waals surface area contributed by atoms with Gasteiger partial charge in [-0.15, -0.1) is 0 Å². The highest BCUT2D eigenvalue weighted by atomic mass is 31.1. The maximum atomic E-state index is 11.9. The summed E-state index contributed by atoms with van der Waals surface area (Å²) in [6.07, 6.45) is 1.34. The minimum atomic E-state index is -1.18. The summed E-state index contributed by atoms with van der Waals surface area (Å²) in [6, 6.07) is 20.0. The van der Waals surface area contributed by atoms with E-state index < -0.39 is 7.80 Å². The Bertz CT molecular complexity index is 407. The molecule has 0 N–H and O–H groups in total. The molecule has 0 heterocycles. The van der Waals surface area contributed by atoms with Crippen molar-refractivity contribution in [3.63, 3.8) is 0 Å². The fourth-order valence-electron chi connectivity index (χ4n) is 1.63. The predicted molar refractivity (Wildman–Crippen MR) is 67.9 cm³/mol. The third-order valence-corrected chi connectivity index (χ3v) is 3.84. The van der Waals surface area contributed by atoms with E-state index in [-0.39, 0.29) is 0 Å². The van der Waals surface area contributed by atoms with Crippen LogP contribution in [0.3, 0.4) is 0 Å². The highest BCUT2D eigenvalue weighted by Crippen LogP contribution is 2.31. The van der Waals surface area contributed by atoms with Gasteiger partial charge in [-0.05, 0) is 11.1 Å². The second-order valence-corrected chi connectivity index (χ2v) is 5.37. The van der Waals surface area contributed by atoms with E-state index in [1.165, 1.54) is 0 Å². The lowest BCUT2D eigenvalue weighted by Gasteiger charge is -2.01. The van der Waals surface area contributed by atoms with Crippen molar-refractivity contribution < 1.29 is 4.57 Å². The van der Waals surface area contributed by atoms with Crippen LogP contribution in [0.2, 0.25) is 0 Å². The molecule has 0 atom stereocenters. The van der Waals surface area contributed by atoms with E-state index in [0.717, 1.165) is 11.1 Å². The van der Waals surface area contributed by atoms with E-state index in [0.29, 0.717) is 12.3 Å². The minimum Gasteiger partial charge on any atom is -0.286 e. The first-order valence-electron chi connectivity index (χ1n) is 5.34. The summed E-state index contributed by atoms with van der Waals surface area (Å²) in [5, 5.41) is 0. The molecule has 0 aromatic heterocycles. The molecule has 0 spiro atoms. The highest BCUT2D eigenvalue weighted by Gasteiger charge is 2.03. The van der Waals surface area contributed by atoms with Gasteiger partial charge in [-0.1, -0.05) is 60.7 Å². The van der Waals surface area contributed by atoms with Crippen molar-refractivity contribution in [2.24, 2.45) is 0 Å². The van der Waals surface area contributed by atoms with Crippen molar-refractivity contribution in [2.75, 3.05) is 0 Å². The van der Waals surface area contributed by atoms with Crippen LogP contribution in [0.4, 0.5) is 0 Å². The molecule has 0 saturated carbocycles. The van der Waals surface area contributed by atoms with Gasteiger partial charge in [0.15, 0.2) is 0 Å². The molecule has 2 heteroatoms. The first-order valence-corrected chi connectivity index (χ1v) is 6.97. The van der Waals surface area contributed by atoms with Crippen molar-refractivity contribution in [3.05, 3.63) is 71.8 Å². The van der Waals surface area contributed by atoms with Crippen LogP contribution in [0, 0.1) is 0 Å². The van der Waals surface area contributed by atoms with Crippen LogP contribution in [0.1, 0.15) is 11.1 Å². The molecule has 16 heavy (non-hydrogen) atoms. The molecule has 0 saturated heterocycles. The second-order valence-electron chi connectivity index (χ2n) is 3.77. The molecule has 0 amide bonds. The predicted octanol–water partition coefficient (Wildman–Crippen LogP) is 4.21. The van der Waals surface area contributed by atoms with Crippen LogP contribution in [0.25, 0.3) is 0 Å². The Balaban J connectivity index is 1.95. The topological polar surface area (TPSA) is 17.1 Å². The molecule has 81 valence electrons. The second kappa shape index (κ2) is 5.58. The molecule has 1 radical (unpaired) electrons. The smallest absolute Gasteiger partial charge is 0.0808 e. The van der Waals surface area contributed by atoms with Crippen molar-refractivity contribution in [2.45, 2.75) is 12.3 Å².